The van der Waals surface area contributed by atoms with E-state index >= 15 is 0 Å². The summed E-state index contributed by atoms with van der Waals surface area (Å²) in [7, 11) is 0. The molecule has 0 radical (unpaired) electrons. The number of allylic oxidation sites excluding steroid dienone is 1. The molecule has 0 aliphatic carbocycles. The van der Waals surface area contributed by atoms with Gasteiger partial charge >= 0.3 is 6.09 Å². The largest absolute Gasteiger partial charge is 0.444 e. The van der Waals surface area contributed by atoms with Gasteiger partial charge in [0.1, 0.15) is 5.60 Å². The molecule has 4 nitrogen and oxygen atoms in total. The van der Waals surface area contributed by atoms with Crippen molar-refractivity contribution in [3.05, 3.63) is 12.2 Å². The Kier molecular flexibility index (Phi) is 7.40. The molecule has 1 N–H and O–H groups in total. The Morgan fingerprint density at radius 3 is 2.68 bits per heavy atom. The van der Waals surface area contributed by atoms with Gasteiger partial charge < -0.3 is 15.0 Å². The number of carbonyl (C=O) groups is 1. The van der Waals surface area contributed by atoms with Crippen LogP contribution in [0.3, 0.4) is 0 Å². The summed E-state index contributed by atoms with van der Waals surface area (Å²) in [6.45, 7) is 16.6. The van der Waals surface area contributed by atoms with Gasteiger partial charge in [0.25, 0.3) is 0 Å². The van der Waals surface area contributed by atoms with Crippen molar-refractivity contribution in [1.29, 1.82) is 0 Å². The van der Waals surface area contributed by atoms with Gasteiger partial charge in [0.2, 0.25) is 0 Å². The fourth-order valence-electron chi connectivity index (χ4n) is 2.84. The van der Waals surface area contributed by atoms with Crippen molar-refractivity contribution in [1.82, 2.24) is 10.2 Å². The number of hydrogen-bond acceptors (Lipinski definition) is 3. The molecule has 0 aromatic heterocycles. The highest BCUT2D eigenvalue weighted by atomic mass is 16.6. The number of nitrogens with one attached hydrogen (secondary N) is 1. The number of hydrogen-bond donors (Lipinski definition) is 1. The molecule has 4 heteroatoms. The standard InChI is InChI=1S/C18H34N2O2/c1-7-11-19-16(9-8-14(2)3)15-10-12-20(13-15)17(21)22-18(4,5)6/h15-16,19H,2,7-13H2,1,3-6H3. The summed E-state index contributed by atoms with van der Waals surface area (Å²) in [6, 6.07) is 0.462. The van der Waals surface area contributed by atoms with Gasteiger partial charge in [-0.3, -0.25) is 0 Å². The van der Waals surface area contributed by atoms with Gasteiger partial charge in [0.15, 0.2) is 0 Å². The predicted octanol–water partition coefficient (Wildman–Crippen LogP) is 3.97. The zero-order valence-electron chi connectivity index (χ0n) is 15.1. The van der Waals surface area contributed by atoms with E-state index in [4.69, 9.17) is 4.74 Å². The zero-order chi connectivity index (χ0) is 16.8. The van der Waals surface area contributed by atoms with Gasteiger partial charge in [-0.15, -0.1) is 6.58 Å². The van der Waals surface area contributed by atoms with Crippen molar-refractivity contribution in [3.8, 4) is 0 Å². The lowest BCUT2D eigenvalue weighted by Crippen LogP contribution is -2.40. The SMILES string of the molecule is C=C(C)CCC(NCCC)C1CCN(C(=O)OC(C)(C)C)C1. The Bertz CT molecular complexity index is 374. The minimum absolute atomic E-state index is 0.177. The normalized spacial score (nSPS) is 20.0. The van der Waals surface area contributed by atoms with Gasteiger partial charge in [-0.05, 0) is 65.8 Å². The molecule has 22 heavy (non-hydrogen) atoms. The van der Waals surface area contributed by atoms with E-state index in [-0.39, 0.29) is 6.09 Å². The van der Waals surface area contributed by atoms with Crippen LogP contribution in [0.25, 0.3) is 0 Å². The van der Waals surface area contributed by atoms with Crippen LogP contribution in [-0.2, 0) is 4.74 Å². The summed E-state index contributed by atoms with van der Waals surface area (Å²) in [5, 5.41) is 3.65. The van der Waals surface area contributed by atoms with Crippen molar-refractivity contribution < 1.29 is 9.53 Å². The lowest BCUT2D eigenvalue weighted by Gasteiger charge is -2.27. The smallest absolute Gasteiger partial charge is 0.410 e. The maximum Gasteiger partial charge on any atom is 0.410 e. The predicted molar refractivity (Wildman–Crippen MR) is 92.0 cm³/mol. The number of ether oxygens (including phenoxy) is 1. The Morgan fingerprint density at radius 2 is 2.14 bits per heavy atom. The van der Waals surface area contributed by atoms with Crippen molar-refractivity contribution >= 4 is 6.09 Å². The number of nitrogens with zero attached hydrogens (tertiary/aromatic N) is 1. The van der Waals surface area contributed by atoms with Gasteiger partial charge in [0, 0.05) is 19.1 Å². The molecule has 0 aromatic rings. The summed E-state index contributed by atoms with van der Waals surface area (Å²) < 4.78 is 5.48. The lowest BCUT2D eigenvalue weighted by molar-refractivity contribution is 0.0285. The van der Waals surface area contributed by atoms with Crippen LogP contribution in [0.5, 0.6) is 0 Å². The van der Waals surface area contributed by atoms with Crippen molar-refractivity contribution in [2.45, 2.75) is 71.9 Å². The van der Waals surface area contributed by atoms with Crippen molar-refractivity contribution in [2.75, 3.05) is 19.6 Å². The third kappa shape index (κ3) is 6.82. The van der Waals surface area contributed by atoms with Crippen LogP contribution < -0.4 is 5.32 Å². The second-order valence-electron chi connectivity index (χ2n) is 7.53. The van der Waals surface area contributed by atoms with E-state index in [0.717, 1.165) is 45.3 Å². The minimum atomic E-state index is -0.422. The second-order valence-corrected chi connectivity index (χ2v) is 7.53. The molecule has 1 amide bonds. The average Bonchev–Trinajstić information content (AvgIpc) is 2.86. The van der Waals surface area contributed by atoms with Crippen molar-refractivity contribution in [2.24, 2.45) is 5.92 Å². The molecule has 1 heterocycles. The molecule has 1 saturated heterocycles. The first-order valence-corrected chi connectivity index (χ1v) is 8.58. The molecule has 0 saturated carbocycles. The molecule has 1 aliphatic heterocycles. The Labute approximate surface area is 136 Å². The molecule has 0 bridgehead atoms. The minimum Gasteiger partial charge on any atom is -0.444 e. The van der Waals surface area contributed by atoms with Crippen LogP contribution in [0.1, 0.15) is 60.3 Å². The van der Waals surface area contributed by atoms with Gasteiger partial charge in [-0.2, -0.15) is 0 Å². The van der Waals surface area contributed by atoms with Gasteiger partial charge in [-0.25, -0.2) is 4.79 Å². The molecule has 1 rings (SSSR count). The molecule has 1 aliphatic rings. The first kappa shape index (κ1) is 19.0. The number of carbonyl (C=O) groups excluding carboxylic acids is 1. The molecule has 128 valence electrons. The fraction of sp³-hybridized carbons (Fsp3) is 0.833. The zero-order valence-corrected chi connectivity index (χ0v) is 15.1. The average molecular weight is 310 g/mol. The highest BCUT2D eigenvalue weighted by Gasteiger charge is 2.33. The monoisotopic (exact) mass is 310 g/mol. The van der Waals surface area contributed by atoms with Crippen LogP contribution in [0.4, 0.5) is 4.79 Å². The number of likely N-dealkylation sites (tertiary alicyclic amines) is 1. The third-order valence-electron chi connectivity index (χ3n) is 3.98. The highest BCUT2D eigenvalue weighted by Crippen LogP contribution is 2.25. The van der Waals surface area contributed by atoms with Crippen LogP contribution in [-0.4, -0.2) is 42.3 Å². The summed E-state index contributed by atoms with van der Waals surface area (Å²) in [4.78, 5) is 14.0. The third-order valence-corrected chi connectivity index (χ3v) is 3.98. The molecule has 2 atom stereocenters. The van der Waals surface area contributed by atoms with Crippen LogP contribution >= 0.6 is 0 Å². The topological polar surface area (TPSA) is 41.6 Å². The van der Waals surface area contributed by atoms with Crippen molar-refractivity contribution in [3.63, 3.8) is 0 Å². The molecule has 0 aromatic carbocycles. The van der Waals surface area contributed by atoms with E-state index in [2.05, 4.69) is 25.7 Å². The maximum atomic E-state index is 12.2. The quantitative estimate of drug-likeness (QED) is 0.723. The molecular formula is C18H34N2O2. The first-order valence-electron chi connectivity index (χ1n) is 8.58. The Morgan fingerprint density at radius 1 is 1.45 bits per heavy atom. The molecular weight excluding hydrogens is 276 g/mol. The van der Waals surface area contributed by atoms with Crippen LogP contribution in [0.2, 0.25) is 0 Å². The number of amides is 1. The summed E-state index contributed by atoms with van der Waals surface area (Å²) in [5.74, 6) is 0.512. The molecule has 0 spiro atoms. The fourth-order valence-corrected chi connectivity index (χ4v) is 2.84. The maximum absolute atomic E-state index is 12.2. The van der Waals surface area contributed by atoms with E-state index in [1.807, 2.05) is 25.7 Å². The van der Waals surface area contributed by atoms with E-state index < -0.39 is 5.60 Å². The van der Waals surface area contributed by atoms with Gasteiger partial charge in [-0.1, -0.05) is 12.5 Å². The first-order chi connectivity index (χ1) is 10.2. The van der Waals surface area contributed by atoms with E-state index in [9.17, 15) is 4.79 Å². The van der Waals surface area contributed by atoms with E-state index in [0.29, 0.717) is 12.0 Å². The van der Waals surface area contributed by atoms with Gasteiger partial charge in [0.05, 0.1) is 0 Å². The van der Waals surface area contributed by atoms with E-state index in [1.165, 1.54) is 5.57 Å². The Balaban J connectivity index is 2.55. The number of rotatable bonds is 7. The lowest BCUT2D eigenvalue weighted by atomic mass is 9.93. The van der Waals surface area contributed by atoms with E-state index in [1.54, 1.807) is 0 Å². The molecule has 1 fully saturated rings. The Hall–Kier alpha value is -1.03. The highest BCUT2D eigenvalue weighted by molar-refractivity contribution is 5.68. The second kappa shape index (κ2) is 8.56. The van der Waals surface area contributed by atoms with Crippen LogP contribution in [0.15, 0.2) is 12.2 Å². The summed E-state index contributed by atoms with van der Waals surface area (Å²) in [5.41, 5.74) is 0.805. The van der Waals surface area contributed by atoms with Crippen LogP contribution in [0, 0.1) is 5.92 Å². The molecule has 2 unspecified atom stereocenters. The summed E-state index contributed by atoms with van der Waals surface area (Å²) >= 11 is 0. The summed E-state index contributed by atoms with van der Waals surface area (Å²) in [6.07, 6.45) is 4.15.